The van der Waals surface area contributed by atoms with Gasteiger partial charge in [-0.25, -0.2) is 0 Å². The molecule has 2 heterocycles. The van der Waals surface area contributed by atoms with E-state index in [1.165, 1.54) is 0 Å². The summed E-state index contributed by atoms with van der Waals surface area (Å²) < 4.78 is 7.32. The summed E-state index contributed by atoms with van der Waals surface area (Å²) in [6, 6.07) is 1.87. The molecule has 102 valence electrons. The van der Waals surface area contributed by atoms with Gasteiger partial charge in [0, 0.05) is 17.3 Å². The molecule has 0 radical (unpaired) electrons. The van der Waals surface area contributed by atoms with E-state index < -0.39 is 5.97 Å². The predicted molar refractivity (Wildman–Crippen MR) is 68.9 cm³/mol. The van der Waals surface area contributed by atoms with E-state index in [0.29, 0.717) is 11.8 Å². The highest BCUT2D eigenvalue weighted by atomic mass is 16.4. The van der Waals surface area contributed by atoms with Crippen molar-refractivity contribution < 1.29 is 14.3 Å². The lowest BCUT2D eigenvalue weighted by Gasteiger charge is -2.05. The number of aliphatic carboxylic acids is 1. The van der Waals surface area contributed by atoms with Gasteiger partial charge in [-0.3, -0.25) is 4.79 Å². The second-order valence-corrected chi connectivity index (χ2v) is 4.86. The summed E-state index contributed by atoms with van der Waals surface area (Å²) in [5, 5.41) is 16.9. The van der Waals surface area contributed by atoms with Gasteiger partial charge in [0.2, 0.25) is 11.8 Å². The lowest BCUT2D eigenvalue weighted by Crippen LogP contribution is -2.11. The van der Waals surface area contributed by atoms with Gasteiger partial charge < -0.3 is 14.1 Å². The second kappa shape index (κ2) is 4.87. The summed E-state index contributed by atoms with van der Waals surface area (Å²) in [5.41, 5.74) is 2.47. The number of carboxylic acid groups (broad SMARTS) is 1. The standard InChI is InChI=1S/C13H17N3O3/c1-7(2)12-14-15-13(19-12)10-5-8(3)16(9(10)4)6-11(17)18/h5,7H,6H2,1-4H3,(H,17,18). The van der Waals surface area contributed by atoms with Crippen LogP contribution < -0.4 is 0 Å². The van der Waals surface area contributed by atoms with E-state index in [-0.39, 0.29) is 12.5 Å². The van der Waals surface area contributed by atoms with Crippen LogP contribution in [0.1, 0.15) is 37.0 Å². The van der Waals surface area contributed by atoms with Crippen molar-refractivity contribution in [3.8, 4) is 11.5 Å². The first-order chi connectivity index (χ1) is 8.90. The van der Waals surface area contributed by atoms with Gasteiger partial charge in [0.05, 0.1) is 5.56 Å². The third kappa shape index (κ3) is 2.52. The van der Waals surface area contributed by atoms with Crippen LogP contribution in [0.25, 0.3) is 11.5 Å². The van der Waals surface area contributed by atoms with E-state index in [1.807, 2.05) is 33.8 Å². The van der Waals surface area contributed by atoms with E-state index in [0.717, 1.165) is 17.0 Å². The van der Waals surface area contributed by atoms with Crippen LogP contribution in [0.4, 0.5) is 0 Å². The Labute approximate surface area is 111 Å². The van der Waals surface area contributed by atoms with Crippen LogP contribution in [0.5, 0.6) is 0 Å². The minimum Gasteiger partial charge on any atom is -0.480 e. The number of hydrogen-bond donors (Lipinski definition) is 1. The fraction of sp³-hybridized carbons (Fsp3) is 0.462. The summed E-state index contributed by atoms with van der Waals surface area (Å²) in [6.45, 7) is 7.60. The maximum absolute atomic E-state index is 10.8. The minimum absolute atomic E-state index is 0.0666. The molecule has 0 spiro atoms. The van der Waals surface area contributed by atoms with E-state index in [9.17, 15) is 4.79 Å². The zero-order chi connectivity index (χ0) is 14.2. The molecule has 0 aliphatic heterocycles. The molecule has 0 saturated carbocycles. The number of aromatic nitrogens is 3. The minimum atomic E-state index is -0.873. The zero-order valence-electron chi connectivity index (χ0n) is 11.5. The van der Waals surface area contributed by atoms with Gasteiger partial charge in [0.15, 0.2) is 0 Å². The topological polar surface area (TPSA) is 81.2 Å². The van der Waals surface area contributed by atoms with Crippen LogP contribution in [-0.2, 0) is 11.3 Å². The maximum Gasteiger partial charge on any atom is 0.323 e. The number of nitrogens with zero attached hydrogens (tertiary/aromatic N) is 3. The van der Waals surface area contributed by atoms with Crippen LogP contribution in [0.2, 0.25) is 0 Å². The van der Waals surface area contributed by atoms with Gasteiger partial charge in [0.1, 0.15) is 6.54 Å². The number of rotatable bonds is 4. The highest BCUT2D eigenvalue weighted by Gasteiger charge is 2.18. The second-order valence-electron chi connectivity index (χ2n) is 4.86. The summed E-state index contributed by atoms with van der Waals surface area (Å²) >= 11 is 0. The smallest absolute Gasteiger partial charge is 0.323 e. The lowest BCUT2D eigenvalue weighted by molar-refractivity contribution is -0.137. The first-order valence-corrected chi connectivity index (χ1v) is 6.12. The molecule has 19 heavy (non-hydrogen) atoms. The Kier molecular flexibility index (Phi) is 3.42. The van der Waals surface area contributed by atoms with Crippen LogP contribution >= 0.6 is 0 Å². The Morgan fingerprint density at radius 1 is 1.42 bits per heavy atom. The lowest BCUT2D eigenvalue weighted by atomic mass is 10.2. The molecule has 0 amide bonds. The SMILES string of the molecule is Cc1cc(-c2nnc(C(C)C)o2)c(C)n1CC(=O)O. The van der Waals surface area contributed by atoms with Crippen molar-refractivity contribution >= 4 is 5.97 Å². The first-order valence-electron chi connectivity index (χ1n) is 6.12. The van der Waals surface area contributed by atoms with Gasteiger partial charge in [-0.15, -0.1) is 10.2 Å². The van der Waals surface area contributed by atoms with Gasteiger partial charge in [-0.05, 0) is 19.9 Å². The summed E-state index contributed by atoms with van der Waals surface area (Å²) in [5.74, 6) is 0.317. The Morgan fingerprint density at radius 3 is 2.63 bits per heavy atom. The highest BCUT2D eigenvalue weighted by molar-refractivity contribution is 5.68. The molecule has 0 aromatic carbocycles. The Hall–Kier alpha value is -2.11. The molecule has 0 atom stereocenters. The van der Waals surface area contributed by atoms with Crippen molar-refractivity contribution in [3.05, 3.63) is 23.3 Å². The van der Waals surface area contributed by atoms with Gasteiger partial charge in [-0.2, -0.15) is 0 Å². The Morgan fingerprint density at radius 2 is 2.11 bits per heavy atom. The normalized spacial score (nSPS) is 11.2. The molecule has 0 aliphatic carbocycles. The molecular weight excluding hydrogens is 246 g/mol. The van der Waals surface area contributed by atoms with Crippen molar-refractivity contribution in [3.63, 3.8) is 0 Å². The van der Waals surface area contributed by atoms with Crippen molar-refractivity contribution in [2.75, 3.05) is 0 Å². The fourth-order valence-corrected chi connectivity index (χ4v) is 1.97. The quantitative estimate of drug-likeness (QED) is 0.915. The van der Waals surface area contributed by atoms with Gasteiger partial charge in [0.25, 0.3) is 0 Å². The average molecular weight is 263 g/mol. The van der Waals surface area contributed by atoms with E-state index in [4.69, 9.17) is 9.52 Å². The molecule has 6 nitrogen and oxygen atoms in total. The molecule has 0 aliphatic rings. The van der Waals surface area contributed by atoms with Crippen molar-refractivity contribution in [2.24, 2.45) is 0 Å². The van der Waals surface area contributed by atoms with Crippen LogP contribution in [0, 0.1) is 13.8 Å². The van der Waals surface area contributed by atoms with Gasteiger partial charge >= 0.3 is 5.97 Å². The summed E-state index contributed by atoms with van der Waals surface area (Å²) in [6.07, 6.45) is 0. The maximum atomic E-state index is 10.8. The molecule has 2 rings (SSSR count). The zero-order valence-corrected chi connectivity index (χ0v) is 11.5. The number of hydrogen-bond acceptors (Lipinski definition) is 4. The Balaban J connectivity index is 2.42. The molecule has 0 bridgehead atoms. The monoisotopic (exact) mass is 263 g/mol. The molecule has 1 N–H and O–H groups in total. The van der Waals surface area contributed by atoms with E-state index in [1.54, 1.807) is 4.57 Å². The van der Waals surface area contributed by atoms with Crippen molar-refractivity contribution in [1.29, 1.82) is 0 Å². The Bertz CT molecular complexity index is 611. The molecule has 0 saturated heterocycles. The molecule has 6 heteroatoms. The van der Waals surface area contributed by atoms with Crippen LogP contribution in [-0.4, -0.2) is 25.8 Å². The van der Waals surface area contributed by atoms with Crippen molar-refractivity contribution in [2.45, 2.75) is 40.2 Å². The summed E-state index contributed by atoms with van der Waals surface area (Å²) in [4.78, 5) is 10.8. The number of aryl methyl sites for hydroxylation is 1. The molecular formula is C13H17N3O3. The number of carbonyl (C=O) groups is 1. The van der Waals surface area contributed by atoms with E-state index in [2.05, 4.69) is 10.2 Å². The predicted octanol–water partition coefficient (Wildman–Crippen LogP) is 2.36. The number of carboxylic acids is 1. The largest absolute Gasteiger partial charge is 0.480 e. The van der Waals surface area contributed by atoms with Crippen LogP contribution in [0.3, 0.4) is 0 Å². The third-order valence-electron chi connectivity index (χ3n) is 3.03. The average Bonchev–Trinajstić information content (AvgIpc) is 2.89. The summed E-state index contributed by atoms with van der Waals surface area (Å²) in [7, 11) is 0. The highest BCUT2D eigenvalue weighted by Crippen LogP contribution is 2.27. The van der Waals surface area contributed by atoms with Crippen LogP contribution in [0.15, 0.2) is 10.5 Å². The molecule has 2 aromatic rings. The third-order valence-corrected chi connectivity index (χ3v) is 3.03. The van der Waals surface area contributed by atoms with Crippen molar-refractivity contribution in [1.82, 2.24) is 14.8 Å². The molecule has 0 unspecified atom stereocenters. The molecule has 0 fully saturated rings. The van der Waals surface area contributed by atoms with E-state index >= 15 is 0 Å². The fourth-order valence-electron chi connectivity index (χ4n) is 1.97. The first kappa shape index (κ1) is 13.3. The molecule has 2 aromatic heterocycles. The van der Waals surface area contributed by atoms with Gasteiger partial charge in [-0.1, -0.05) is 13.8 Å².